The van der Waals surface area contributed by atoms with E-state index < -0.39 is 5.97 Å². The molecule has 100 valence electrons. The number of carbonyl (C=O) groups is 1. The topological polar surface area (TPSA) is 57.2 Å². The van der Waals surface area contributed by atoms with Gasteiger partial charge in [-0.05, 0) is 23.8 Å². The van der Waals surface area contributed by atoms with E-state index in [1.54, 1.807) is 35.2 Å². The van der Waals surface area contributed by atoms with Crippen molar-refractivity contribution >= 4 is 34.9 Å². The van der Waals surface area contributed by atoms with Crippen LogP contribution in [0.4, 0.5) is 5.69 Å². The van der Waals surface area contributed by atoms with Gasteiger partial charge < -0.3 is 15.0 Å². The second kappa shape index (κ2) is 5.55. The largest absolute Gasteiger partial charge is 0.465 e. The molecule has 0 aliphatic carbocycles. The summed E-state index contributed by atoms with van der Waals surface area (Å²) in [6.07, 6.45) is 3.27. The molecule has 0 unspecified atom stereocenters. The number of carbonyl (C=O) groups excluding carboxylic acids is 1. The molecule has 0 saturated carbocycles. The lowest BCUT2D eigenvalue weighted by Crippen LogP contribution is -2.02. The van der Waals surface area contributed by atoms with E-state index in [0.29, 0.717) is 27.8 Å². The van der Waals surface area contributed by atoms with Crippen LogP contribution in [0.25, 0.3) is 0 Å². The predicted octanol–water partition coefficient (Wildman–Crippen LogP) is 3.21. The smallest absolute Gasteiger partial charge is 0.340 e. The van der Waals surface area contributed by atoms with Gasteiger partial charge in [0.1, 0.15) is 0 Å². The lowest BCUT2D eigenvalue weighted by Gasteiger charge is -2.07. The number of hydrogen-bond acceptors (Lipinski definition) is 3. The molecule has 0 aliphatic heterocycles. The van der Waals surface area contributed by atoms with Crippen LogP contribution in [0, 0.1) is 0 Å². The first-order chi connectivity index (χ1) is 9.01. The minimum atomic E-state index is -0.470. The van der Waals surface area contributed by atoms with E-state index in [0.717, 1.165) is 5.56 Å². The Kier molecular flexibility index (Phi) is 4.02. The maximum absolute atomic E-state index is 11.5. The molecule has 0 saturated heterocycles. The molecule has 0 aliphatic rings. The number of methoxy groups -OCH3 is 1. The summed E-state index contributed by atoms with van der Waals surface area (Å²) in [6, 6.07) is 5.25. The molecule has 1 heterocycles. The number of hydrogen-bond donors (Lipinski definition) is 1. The van der Waals surface area contributed by atoms with E-state index in [1.165, 1.54) is 7.11 Å². The number of nitrogen functional groups attached to an aromatic ring is 1. The van der Waals surface area contributed by atoms with Gasteiger partial charge in [0.05, 0.1) is 17.7 Å². The van der Waals surface area contributed by atoms with Crippen molar-refractivity contribution in [3.63, 3.8) is 0 Å². The average molecular weight is 299 g/mol. The van der Waals surface area contributed by atoms with Gasteiger partial charge in [0, 0.05) is 29.6 Å². The first kappa shape index (κ1) is 13.8. The van der Waals surface area contributed by atoms with E-state index in [1.807, 2.05) is 0 Å². The van der Waals surface area contributed by atoms with Gasteiger partial charge in [0.25, 0.3) is 0 Å². The maximum atomic E-state index is 11.5. The second-order valence-electron chi connectivity index (χ2n) is 4.03. The summed E-state index contributed by atoms with van der Waals surface area (Å²) in [6.45, 7) is 0.475. The fourth-order valence-corrected chi connectivity index (χ4v) is 2.19. The minimum absolute atomic E-state index is 0.324. The van der Waals surface area contributed by atoms with Crippen molar-refractivity contribution in [3.8, 4) is 0 Å². The molecule has 1 aromatic heterocycles. The highest BCUT2D eigenvalue weighted by molar-refractivity contribution is 6.33. The van der Waals surface area contributed by atoms with Crippen molar-refractivity contribution in [2.75, 3.05) is 12.8 Å². The molecule has 4 nitrogen and oxygen atoms in total. The molecule has 0 bridgehead atoms. The Bertz CT molecular complexity index is 623. The molecule has 2 rings (SSSR count). The highest BCUT2D eigenvalue weighted by Gasteiger charge is 2.14. The fourth-order valence-electron chi connectivity index (χ4n) is 1.74. The molecule has 0 atom stereocenters. The Morgan fingerprint density at radius 1 is 1.37 bits per heavy atom. The number of ether oxygens (including phenoxy) is 1. The van der Waals surface area contributed by atoms with Crippen molar-refractivity contribution in [1.82, 2.24) is 4.57 Å². The first-order valence-corrected chi connectivity index (χ1v) is 6.24. The number of nitrogens with zero attached hydrogens (tertiary/aromatic N) is 1. The van der Waals surface area contributed by atoms with Gasteiger partial charge in [-0.3, -0.25) is 0 Å². The van der Waals surface area contributed by atoms with Crippen LogP contribution in [0.2, 0.25) is 10.0 Å². The Labute approximate surface area is 120 Å². The number of aromatic nitrogens is 1. The summed E-state index contributed by atoms with van der Waals surface area (Å²) in [4.78, 5) is 11.5. The van der Waals surface area contributed by atoms with E-state index in [4.69, 9.17) is 28.9 Å². The molecule has 19 heavy (non-hydrogen) atoms. The monoisotopic (exact) mass is 298 g/mol. The van der Waals surface area contributed by atoms with Crippen LogP contribution in [0.15, 0.2) is 30.6 Å². The van der Waals surface area contributed by atoms with Gasteiger partial charge >= 0.3 is 5.97 Å². The standard InChI is InChI=1S/C13H12Cl2N2O2/c1-19-13(18)10-6-17(7-11(10)15)5-8-4-9(14)2-3-12(8)16/h2-4,6-7H,5,16H2,1H3. The lowest BCUT2D eigenvalue weighted by molar-refractivity contribution is 0.0601. The minimum Gasteiger partial charge on any atom is -0.465 e. The predicted molar refractivity (Wildman–Crippen MR) is 75.7 cm³/mol. The van der Waals surface area contributed by atoms with Gasteiger partial charge in [-0.15, -0.1) is 0 Å². The number of anilines is 1. The van der Waals surface area contributed by atoms with Crippen LogP contribution in [0.1, 0.15) is 15.9 Å². The fraction of sp³-hybridized carbons (Fsp3) is 0.154. The quantitative estimate of drug-likeness (QED) is 0.699. The zero-order chi connectivity index (χ0) is 14.0. The number of esters is 1. The first-order valence-electron chi connectivity index (χ1n) is 5.48. The van der Waals surface area contributed by atoms with Gasteiger partial charge in [0.15, 0.2) is 0 Å². The Morgan fingerprint density at radius 2 is 2.11 bits per heavy atom. The molecule has 0 fully saturated rings. The van der Waals surface area contributed by atoms with E-state index in [-0.39, 0.29) is 0 Å². The van der Waals surface area contributed by atoms with Gasteiger partial charge in [-0.25, -0.2) is 4.79 Å². The van der Waals surface area contributed by atoms with Crippen LogP contribution in [0.3, 0.4) is 0 Å². The Balaban J connectivity index is 2.29. The Morgan fingerprint density at radius 3 is 2.79 bits per heavy atom. The van der Waals surface area contributed by atoms with Crippen LogP contribution < -0.4 is 5.73 Å². The average Bonchev–Trinajstić information content (AvgIpc) is 2.74. The summed E-state index contributed by atoms with van der Waals surface area (Å²) in [5.41, 5.74) is 7.69. The van der Waals surface area contributed by atoms with E-state index >= 15 is 0 Å². The third kappa shape index (κ3) is 3.03. The van der Waals surface area contributed by atoms with Crippen LogP contribution in [-0.2, 0) is 11.3 Å². The molecule has 6 heteroatoms. The van der Waals surface area contributed by atoms with Crippen molar-refractivity contribution in [2.24, 2.45) is 0 Å². The lowest BCUT2D eigenvalue weighted by atomic mass is 10.2. The number of nitrogens with two attached hydrogens (primary N) is 1. The molecule has 0 amide bonds. The van der Waals surface area contributed by atoms with Crippen molar-refractivity contribution in [3.05, 3.63) is 51.8 Å². The molecule has 2 aromatic rings. The molecule has 2 N–H and O–H groups in total. The van der Waals surface area contributed by atoms with E-state index in [9.17, 15) is 4.79 Å². The highest BCUT2D eigenvalue weighted by atomic mass is 35.5. The van der Waals surface area contributed by atoms with Crippen LogP contribution in [0.5, 0.6) is 0 Å². The summed E-state index contributed by atoms with van der Waals surface area (Å²) in [5.74, 6) is -0.470. The van der Waals surface area contributed by atoms with Crippen molar-refractivity contribution in [2.45, 2.75) is 6.54 Å². The van der Waals surface area contributed by atoms with Gasteiger partial charge in [-0.2, -0.15) is 0 Å². The number of benzene rings is 1. The maximum Gasteiger partial charge on any atom is 0.340 e. The van der Waals surface area contributed by atoms with Crippen LogP contribution in [-0.4, -0.2) is 17.6 Å². The molecule has 0 radical (unpaired) electrons. The SMILES string of the molecule is COC(=O)c1cn(Cc2cc(Cl)ccc2N)cc1Cl. The van der Waals surface area contributed by atoms with E-state index in [2.05, 4.69) is 4.74 Å². The zero-order valence-electron chi connectivity index (χ0n) is 10.2. The van der Waals surface area contributed by atoms with Gasteiger partial charge in [0.2, 0.25) is 0 Å². The zero-order valence-corrected chi connectivity index (χ0v) is 11.7. The van der Waals surface area contributed by atoms with Gasteiger partial charge in [-0.1, -0.05) is 23.2 Å². The van der Waals surface area contributed by atoms with Crippen LogP contribution >= 0.6 is 23.2 Å². The molecular formula is C13H12Cl2N2O2. The number of rotatable bonds is 3. The molecule has 0 spiro atoms. The normalized spacial score (nSPS) is 10.5. The summed E-state index contributed by atoms with van der Waals surface area (Å²) >= 11 is 11.9. The van der Waals surface area contributed by atoms with Crippen molar-refractivity contribution < 1.29 is 9.53 Å². The summed E-state index contributed by atoms with van der Waals surface area (Å²) < 4.78 is 6.40. The molecular weight excluding hydrogens is 287 g/mol. The Hall–Kier alpha value is -1.65. The third-order valence-corrected chi connectivity index (χ3v) is 3.23. The summed E-state index contributed by atoms with van der Waals surface area (Å²) in [7, 11) is 1.31. The third-order valence-electron chi connectivity index (χ3n) is 2.69. The summed E-state index contributed by atoms with van der Waals surface area (Å²) in [5, 5.41) is 0.947. The highest BCUT2D eigenvalue weighted by Crippen LogP contribution is 2.22. The number of halogens is 2. The molecule has 1 aromatic carbocycles. The van der Waals surface area contributed by atoms with Crippen molar-refractivity contribution in [1.29, 1.82) is 0 Å². The second-order valence-corrected chi connectivity index (χ2v) is 4.87.